The lowest BCUT2D eigenvalue weighted by molar-refractivity contribution is 1.15. The summed E-state index contributed by atoms with van der Waals surface area (Å²) in [5, 5.41) is 5.41. The summed E-state index contributed by atoms with van der Waals surface area (Å²) in [6.45, 7) is 0. The van der Waals surface area contributed by atoms with E-state index in [0.29, 0.717) is 11.6 Å². The highest BCUT2D eigenvalue weighted by molar-refractivity contribution is 9.10. The van der Waals surface area contributed by atoms with E-state index in [0.717, 1.165) is 20.9 Å². The maximum atomic E-state index is 5.59. The van der Waals surface area contributed by atoms with E-state index in [1.165, 1.54) is 0 Å². The van der Waals surface area contributed by atoms with Crippen LogP contribution in [0.1, 0.15) is 5.69 Å². The number of nitrogens with zero attached hydrogens (tertiary/aromatic N) is 2. The minimum absolute atomic E-state index is 0.251. The molecule has 0 spiro atoms. The predicted molar refractivity (Wildman–Crippen MR) is 92.9 cm³/mol. The second-order valence-electron chi connectivity index (χ2n) is 4.40. The van der Waals surface area contributed by atoms with Crippen LogP contribution in [0.15, 0.2) is 53.1 Å². The minimum atomic E-state index is 0.251. The highest BCUT2D eigenvalue weighted by Crippen LogP contribution is 2.31. The van der Waals surface area contributed by atoms with Crippen LogP contribution in [0.5, 0.6) is 0 Å². The zero-order valence-corrected chi connectivity index (χ0v) is 13.3. The number of benzene rings is 2. The molecule has 21 heavy (non-hydrogen) atoms. The van der Waals surface area contributed by atoms with E-state index < -0.39 is 0 Å². The average molecular weight is 359 g/mol. The van der Waals surface area contributed by atoms with Gasteiger partial charge in [0.25, 0.3) is 0 Å². The monoisotopic (exact) mass is 358 g/mol. The van der Waals surface area contributed by atoms with E-state index in [2.05, 4.69) is 37.3 Å². The predicted octanol–water partition coefficient (Wildman–Crippen LogP) is 3.77. The van der Waals surface area contributed by atoms with Crippen LogP contribution in [0.2, 0.25) is 0 Å². The van der Waals surface area contributed by atoms with Crippen molar-refractivity contribution in [3.63, 3.8) is 0 Å². The van der Waals surface area contributed by atoms with Crippen LogP contribution in [0, 0.1) is 0 Å². The van der Waals surface area contributed by atoms with Gasteiger partial charge < -0.3 is 11.1 Å². The summed E-state index contributed by atoms with van der Waals surface area (Å²) in [7, 11) is 0. The van der Waals surface area contributed by atoms with Crippen molar-refractivity contribution in [1.82, 2.24) is 9.97 Å². The van der Waals surface area contributed by atoms with Gasteiger partial charge in [0.1, 0.15) is 10.7 Å². The molecule has 4 nitrogen and oxygen atoms in total. The Hall–Kier alpha value is -2.05. The van der Waals surface area contributed by atoms with Gasteiger partial charge in [0.05, 0.1) is 0 Å². The molecule has 0 saturated carbocycles. The van der Waals surface area contributed by atoms with Crippen molar-refractivity contribution in [2.24, 2.45) is 5.73 Å². The Kier molecular flexibility index (Phi) is 3.81. The molecule has 3 rings (SSSR count). The number of aromatic nitrogens is 2. The highest BCUT2D eigenvalue weighted by atomic mass is 79.9. The number of fused-ring (bicyclic) bond motifs is 1. The maximum Gasteiger partial charge on any atom is 0.227 e. The van der Waals surface area contributed by atoms with Crippen LogP contribution in [0.25, 0.3) is 10.8 Å². The second kappa shape index (κ2) is 5.75. The molecule has 6 heteroatoms. The molecule has 0 aliphatic carbocycles. The normalized spacial score (nSPS) is 10.5. The molecule has 0 radical (unpaired) electrons. The van der Waals surface area contributed by atoms with Crippen molar-refractivity contribution in [1.29, 1.82) is 0 Å². The molecule has 0 saturated heterocycles. The summed E-state index contributed by atoms with van der Waals surface area (Å²) >= 11 is 8.49. The van der Waals surface area contributed by atoms with E-state index >= 15 is 0 Å². The molecule has 104 valence electrons. The van der Waals surface area contributed by atoms with Gasteiger partial charge in [-0.15, -0.1) is 0 Å². The Balaban J connectivity index is 2.04. The number of hydrogen-bond donors (Lipinski definition) is 2. The summed E-state index contributed by atoms with van der Waals surface area (Å²) in [5.74, 6) is 0.466. The number of hydrogen-bond acceptors (Lipinski definition) is 4. The summed E-state index contributed by atoms with van der Waals surface area (Å²) in [6.07, 6.45) is 1.63. The third-order valence-corrected chi connectivity index (χ3v) is 3.93. The standard InChI is InChI=1S/C15H11BrN4S/c16-11-5-6-12(10-4-2-1-3-9(10)11)19-15-18-8-7-13(20-15)14(17)21/h1-8H,(H2,17,21)(H,18,19,20). The number of nitrogens with one attached hydrogen (secondary N) is 1. The van der Waals surface area contributed by atoms with Gasteiger partial charge in [0, 0.05) is 21.7 Å². The second-order valence-corrected chi connectivity index (χ2v) is 5.69. The van der Waals surface area contributed by atoms with Crippen LogP contribution in [-0.2, 0) is 0 Å². The Bertz CT molecular complexity index is 835. The van der Waals surface area contributed by atoms with Crippen molar-refractivity contribution in [3.8, 4) is 0 Å². The molecule has 0 amide bonds. The molecule has 0 atom stereocenters. The first-order valence-electron chi connectivity index (χ1n) is 6.22. The Morgan fingerprint density at radius 3 is 2.62 bits per heavy atom. The van der Waals surface area contributed by atoms with Crippen molar-refractivity contribution in [3.05, 3.63) is 58.8 Å². The van der Waals surface area contributed by atoms with Gasteiger partial charge in [-0.1, -0.05) is 52.4 Å². The lowest BCUT2D eigenvalue weighted by atomic mass is 10.1. The number of anilines is 2. The third kappa shape index (κ3) is 2.86. The Labute approximate surface area is 135 Å². The Morgan fingerprint density at radius 2 is 1.86 bits per heavy atom. The first-order chi connectivity index (χ1) is 10.1. The number of thiocarbonyl (C=S) groups is 1. The molecule has 0 aliphatic rings. The SMILES string of the molecule is NC(=S)c1ccnc(Nc2ccc(Br)c3ccccc23)n1. The molecule has 1 aromatic heterocycles. The van der Waals surface area contributed by atoms with E-state index in [-0.39, 0.29) is 4.99 Å². The van der Waals surface area contributed by atoms with Crippen molar-refractivity contribution < 1.29 is 0 Å². The topological polar surface area (TPSA) is 63.8 Å². The molecule has 1 heterocycles. The molecule has 0 aliphatic heterocycles. The van der Waals surface area contributed by atoms with Crippen LogP contribution in [0.4, 0.5) is 11.6 Å². The average Bonchev–Trinajstić information content (AvgIpc) is 2.51. The lowest BCUT2D eigenvalue weighted by Gasteiger charge is -2.10. The van der Waals surface area contributed by atoms with Gasteiger partial charge in [-0.2, -0.15) is 0 Å². The van der Waals surface area contributed by atoms with Crippen LogP contribution >= 0.6 is 28.1 Å². The molecular weight excluding hydrogens is 348 g/mol. The minimum Gasteiger partial charge on any atom is -0.388 e. The van der Waals surface area contributed by atoms with Crippen LogP contribution < -0.4 is 11.1 Å². The summed E-state index contributed by atoms with van der Waals surface area (Å²) in [4.78, 5) is 8.74. The zero-order chi connectivity index (χ0) is 14.8. The van der Waals surface area contributed by atoms with Gasteiger partial charge in [-0.05, 0) is 23.6 Å². The quantitative estimate of drug-likeness (QED) is 0.697. The number of halogens is 1. The van der Waals surface area contributed by atoms with Crippen LogP contribution in [-0.4, -0.2) is 15.0 Å². The highest BCUT2D eigenvalue weighted by Gasteiger charge is 2.06. The van der Waals surface area contributed by atoms with Gasteiger partial charge in [-0.3, -0.25) is 0 Å². The van der Waals surface area contributed by atoms with Gasteiger partial charge in [0.2, 0.25) is 5.95 Å². The maximum absolute atomic E-state index is 5.59. The molecule has 3 aromatic rings. The fourth-order valence-corrected chi connectivity index (χ4v) is 2.64. The molecule has 0 bridgehead atoms. The third-order valence-electron chi connectivity index (χ3n) is 3.03. The largest absolute Gasteiger partial charge is 0.388 e. The number of nitrogens with two attached hydrogens (primary N) is 1. The molecule has 0 unspecified atom stereocenters. The molecule has 0 fully saturated rings. The van der Waals surface area contributed by atoms with E-state index in [4.69, 9.17) is 18.0 Å². The van der Waals surface area contributed by atoms with Crippen LogP contribution in [0.3, 0.4) is 0 Å². The molecule has 2 aromatic carbocycles. The van der Waals surface area contributed by atoms with E-state index in [1.54, 1.807) is 12.3 Å². The molecular formula is C15H11BrN4S. The van der Waals surface area contributed by atoms with E-state index in [9.17, 15) is 0 Å². The zero-order valence-electron chi connectivity index (χ0n) is 10.9. The number of rotatable bonds is 3. The fraction of sp³-hybridized carbons (Fsp3) is 0. The first-order valence-corrected chi connectivity index (χ1v) is 7.42. The van der Waals surface area contributed by atoms with Crippen molar-refractivity contribution in [2.45, 2.75) is 0 Å². The molecule has 3 N–H and O–H groups in total. The van der Waals surface area contributed by atoms with Crippen molar-refractivity contribution in [2.75, 3.05) is 5.32 Å². The van der Waals surface area contributed by atoms with Crippen molar-refractivity contribution >= 4 is 55.5 Å². The first kappa shape index (κ1) is 13.9. The van der Waals surface area contributed by atoms with Gasteiger partial charge >= 0.3 is 0 Å². The fourth-order valence-electron chi connectivity index (χ4n) is 2.05. The summed E-state index contributed by atoms with van der Waals surface area (Å²) < 4.78 is 1.04. The smallest absolute Gasteiger partial charge is 0.227 e. The summed E-state index contributed by atoms with van der Waals surface area (Å²) in [5.41, 5.74) is 7.06. The lowest BCUT2D eigenvalue weighted by Crippen LogP contribution is -2.12. The Morgan fingerprint density at radius 1 is 1.10 bits per heavy atom. The van der Waals surface area contributed by atoms with Gasteiger partial charge in [0.15, 0.2) is 0 Å². The van der Waals surface area contributed by atoms with E-state index in [1.807, 2.05) is 30.3 Å². The summed E-state index contributed by atoms with van der Waals surface area (Å²) in [6, 6.07) is 13.7. The van der Waals surface area contributed by atoms with Gasteiger partial charge in [-0.25, -0.2) is 9.97 Å².